The molecule has 9 heavy (non-hydrogen) atoms. The Bertz CT molecular complexity index is 55.6. The molecular formula is C8H18O. The van der Waals surface area contributed by atoms with Gasteiger partial charge in [-0.3, -0.25) is 0 Å². The van der Waals surface area contributed by atoms with E-state index in [0.717, 1.165) is 5.92 Å². The highest BCUT2D eigenvalue weighted by molar-refractivity contribution is 4.70. The molecule has 56 valence electrons. The van der Waals surface area contributed by atoms with Gasteiger partial charge in [0.05, 0.1) is 0 Å². The summed E-state index contributed by atoms with van der Waals surface area (Å²) in [6.07, 6.45) is 5.79. The lowest BCUT2D eigenvalue weighted by molar-refractivity contribution is 0.500. The van der Waals surface area contributed by atoms with Gasteiger partial charge in [0, 0.05) is 0 Å². The largest absolute Gasteiger partial charge is 0.412 e. The molecular weight excluding hydrogens is 112 g/mol. The molecule has 0 saturated carbocycles. The maximum atomic E-state index is 3.70. The van der Waals surface area contributed by atoms with Crippen molar-refractivity contribution in [1.82, 2.24) is 0 Å². The predicted octanol–water partition coefficient (Wildman–Crippen LogP) is 2.17. The van der Waals surface area contributed by atoms with E-state index in [1.807, 2.05) is 6.08 Å². The van der Waals surface area contributed by atoms with Crippen molar-refractivity contribution in [2.75, 3.05) is 0 Å². The minimum atomic E-state index is 0. The van der Waals surface area contributed by atoms with Crippen molar-refractivity contribution < 1.29 is 5.48 Å². The Kier molecular flexibility index (Phi) is 9.83. The molecule has 0 unspecified atom stereocenters. The molecule has 0 atom stereocenters. The van der Waals surface area contributed by atoms with Gasteiger partial charge < -0.3 is 5.48 Å². The lowest BCUT2D eigenvalue weighted by Gasteiger charge is -2.06. The molecule has 0 aromatic heterocycles. The molecule has 0 radical (unpaired) electrons. The van der Waals surface area contributed by atoms with E-state index >= 15 is 0 Å². The number of hydrogen-bond acceptors (Lipinski definition) is 0. The molecule has 0 aliphatic heterocycles. The van der Waals surface area contributed by atoms with Gasteiger partial charge >= 0.3 is 0 Å². The van der Waals surface area contributed by atoms with Gasteiger partial charge in [-0.05, 0) is 12.3 Å². The first-order chi connectivity index (χ1) is 3.85. The van der Waals surface area contributed by atoms with E-state index in [4.69, 9.17) is 0 Å². The van der Waals surface area contributed by atoms with Crippen LogP contribution in [0.15, 0.2) is 12.7 Å². The molecule has 2 N–H and O–H groups in total. The zero-order chi connectivity index (χ0) is 6.41. The van der Waals surface area contributed by atoms with Crippen LogP contribution in [0.25, 0.3) is 0 Å². The Morgan fingerprint density at radius 2 is 1.78 bits per heavy atom. The second-order valence-electron chi connectivity index (χ2n) is 2.21. The first kappa shape index (κ1) is 11.5. The topological polar surface area (TPSA) is 31.5 Å². The van der Waals surface area contributed by atoms with Crippen molar-refractivity contribution in [3.8, 4) is 0 Å². The third-order valence-corrected chi connectivity index (χ3v) is 1.65. The minimum Gasteiger partial charge on any atom is -0.412 e. The van der Waals surface area contributed by atoms with Gasteiger partial charge in [-0.25, -0.2) is 0 Å². The fraction of sp³-hybridized carbons (Fsp3) is 0.750. The summed E-state index contributed by atoms with van der Waals surface area (Å²) in [5, 5.41) is 0. The van der Waals surface area contributed by atoms with Gasteiger partial charge in [0.1, 0.15) is 0 Å². The molecule has 0 aliphatic carbocycles. The minimum absolute atomic E-state index is 0. The summed E-state index contributed by atoms with van der Waals surface area (Å²) in [6.45, 7) is 8.16. The molecule has 0 heterocycles. The molecule has 0 aromatic rings. The van der Waals surface area contributed by atoms with Crippen molar-refractivity contribution in [3.63, 3.8) is 0 Å². The molecule has 0 fully saturated rings. The lowest BCUT2D eigenvalue weighted by Crippen LogP contribution is -1.92. The predicted molar refractivity (Wildman–Crippen MR) is 42.5 cm³/mol. The highest BCUT2D eigenvalue weighted by Gasteiger charge is 1.97. The first-order valence-corrected chi connectivity index (χ1v) is 3.46. The van der Waals surface area contributed by atoms with Crippen LogP contribution in [-0.4, -0.2) is 5.48 Å². The summed E-state index contributed by atoms with van der Waals surface area (Å²) in [7, 11) is 0. The van der Waals surface area contributed by atoms with Gasteiger partial charge in [0.25, 0.3) is 0 Å². The molecule has 0 aromatic carbocycles. The SMILES string of the molecule is C=CCC(CC)CC.O. The zero-order valence-corrected chi connectivity index (χ0v) is 6.48. The number of allylic oxidation sites excluding steroid dienone is 1. The number of hydrogen-bond donors (Lipinski definition) is 0. The van der Waals surface area contributed by atoms with Crippen molar-refractivity contribution in [3.05, 3.63) is 12.7 Å². The van der Waals surface area contributed by atoms with E-state index in [1.54, 1.807) is 0 Å². The van der Waals surface area contributed by atoms with Crippen LogP contribution in [0.5, 0.6) is 0 Å². The van der Waals surface area contributed by atoms with Gasteiger partial charge in [0.2, 0.25) is 0 Å². The van der Waals surface area contributed by atoms with Gasteiger partial charge in [0.15, 0.2) is 0 Å². The van der Waals surface area contributed by atoms with Crippen LogP contribution in [0, 0.1) is 5.92 Å². The van der Waals surface area contributed by atoms with Crippen molar-refractivity contribution in [2.24, 2.45) is 5.92 Å². The summed E-state index contributed by atoms with van der Waals surface area (Å²) in [5.41, 5.74) is 0. The van der Waals surface area contributed by atoms with E-state index in [1.165, 1.54) is 19.3 Å². The fourth-order valence-electron chi connectivity index (χ4n) is 0.858. The smallest absolute Gasteiger partial charge is 0.0325 e. The number of rotatable bonds is 4. The fourth-order valence-corrected chi connectivity index (χ4v) is 0.858. The highest BCUT2D eigenvalue weighted by atomic mass is 16.0. The molecule has 0 aliphatic rings. The first-order valence-electron chi connectivity index (χ1n) is 3.46. The van der Waals surface area contributed by atoms with E-state index in [0.29, 0.717) is 0 Å². The summed E-state index contributed by atoms with van der Waals surface area (Å²) in [5.74, 6) is 0.882. The standard InChI is InChI=1S/C8H16.H2O/c1-4-7-8(5-2)6-3;/h4,8H,1,5-7H2,2-3H3;1H2. The Morgan fingerprint density at radius 1 is 1.33 bits per heavy atom. The van der Waals surface area contributed by atoms with Crippen LogP contribution < -0.4 is 0 Å². The normalized spacial score (nSPS) is 8.78. The van der Waals surface area contributed by atoms with Crippen LogP contribution in [0.2, 0.25) is 0 Å². The summed E-state index contributed by atoms with van der Waals surface area (Å²) < 4.78 is 0. The van der Waals surface area contributed by atoms with Crippen LogP contribution in [0.3, 0.4) is 0 Å². The van der Waals surface area contributed by atoms with E-state index < -0.39 is 0 Å². The molecule has 1 nitrogen and oxygen atoms in total. The molecule has 1 heteroatoms. The van der Waals surface area contributed by atoms with Gasteiger partial charge in [-0.1, -0.05) is 32.8 Å². The lowest BCUT2D eigenvalue weighted by atomic mass is 10.00. The second-order valence-corrected chi connectivity index (χ2v) is 2.21. The highest BCUT2D eigenvalue weighted by Crippen LogP contribution is 2.11. The van der Waals surface area contributed by atoms with E-state index in [9.17, 15) is 0 Å². The molecule has 0 amide bonds. The Labute approximate surface area is 58.1 Å². The van der Waals surface area contributed by atoms with E-state index in [2.05, 4.69) is 20.4 Å². The molecule has 0 spiro atoms. The Morgan fingerprint density at radius 3 is 1.89 bits per heavy atom. The van der Waals surface area contributed by atoms with Crippen LogP contribution in [0.1, 0.15) is 33.1 Å². The maximum Gasteiger partial charge on any atom is -0.0325 e. The van der Waals surface area contributed by atoms with Crippen LogP contribution in [-0.2, 0) is 0 Å². The molecule has 0 rings (SSSR count). The average Bonchev–Trinajstić information content (AvgIpc) is 1.83. The average molecular weight is 130 g/mol. The Balaban J connectivity index is 0. The quantitative estimate of drug-likeness (QED) is 0.522. The van der Waals surface area contributed by atoms with Crippen LogP contribution >= 0.6 is 0 Å². The van der Waals surface area contributed by atoms with Crippen molar-refractivity contribution >= 4 is 0 Å². The third kappa shape index (κ3) is 5.57. The summed E-state index contributed by atoms with van der Waals surface area (Å²) in [6, 6.07) is 0. The van der Waals surface area contributed by atoms with E-state index in [-0.39, 0.29) is 5.48 Å². The summed E-state index contributed by atoms with van der Waals surface area (Å²) >= 11 is 0. The zero-order valence-electron chi connectivity index (χ0n) is 6.48. The van der Waals surface area contributed by atoms with Gasteiger partial charge in [-0.15, -0.1) is 6.58 Å². The van der Waals surface area contributed by atoms with Gasteiger partial charge in [-0.2, -0.15) is 0 Å². The molecule has 0 saturated heterocycles. The maximum absolute atomic E-state index is 3.70. The monoisotopic (exact) mass is 130 g/mol. The summed E-state index contributed by atoms with van der Waals surface area (Å²) in [4.78, 5) is 0. The van der Waals surface area contributed by atoms with Crippen molar-refractivity contribution in [1.29, 1.82) is 0 Å². The second kappa shape index (κ2) is 7.70. The Hall–Kier alpha value is -0.300. The van der Waals surface area contributed by atoms with Crippen molar-refractivity contribution in [2.45, 2.75) is 33.1 Å². The third-order valence-electron chi connectivity index (χ3n) is 1.65. The van der Waals surface area contributed by atoms with Crippen LogP contribution in [0.4, 0.5) is 0 Å². The molecule has 0 bridgehead atoms.